The van der Waals surface area contributed by atoms with Gasteiger partial charge in [-0.05, 0) is 54.1 Å². The van der Waals surface area contributed by atoms with E-state index < -0.39 is 33.6 Å². The third-order valence-corrected chi connectivity index (χ3v) is 6.22. The summed E-state index contributed by atoms with van der Waals surface area (Å²) in [6.45, 7) is 0.178. The summed E-state index contributed by atoms with van der Waals surface area (Å²) >= 11 is 0. The molecule has 0 aromatic heterocycles. The van der Waals surface area contributed by atoms with E-state index in [4.69, 9.17) is 5.73 Å². The number of hydrogen-bond acceptors (Lipinski definition) is 4. The minimum Gasteiger partial charge on any atom is -0.366 e. The molecule has 0 heterocycles. The number of nitrogens with zero attached hydrogens (tertiary/aromatic N) is 1. The Hall–Kier alpha value is -3.86. The maximum Gasteiger partial charge on any atom is 0.416 e. The second kappa shape index (κ2) is 9.56. The fourth-order valence-corrected chi connectivity index (χ4v) is 4.20. The number of rotatable bonds is 7. The van der Waals surface area contributed by atoms with Gasteiger partial charge in [0.05, 0.1) is 10.5 Å². The molecule has 0 radical (unpaired) electrons. The summed E-state index contributed by atoms with van der Waals surface area (Å²) in [6, 6.07) is 15.3. The largest absolute Gasteiger partial charge is 0.416 e. The van der Waals surface area contributed by atoms with E-state index in [0.717, 1.165) is 23.8 Å². The molecule has 11 heteroatoms. The molecule has 34 heavy (non-hydrogen) atoms. The van der Waals surface area contributed by atoms with Crippen LogP contribution in [0.5, 0.6) is 0 Å². The molecule has 0 aliphatic heterocycles. The molecule has 0 aliphatic carbocycles. The van der Waals surface area contributed by atoms with Crippen molar-refractivity contribution in [3.63, 3.8) is 0 Å². The third kappa shape index (κ3) is 5.93. The van der Waals surface area contributed by atoms with Gasteiger partial charge in [0.1, 0.15) is 0 Å². The van der Waals surface area contributed by atoms with Crippen LogP contribution in [0.15, 0.2) is 77.7 Å². The molecule has 0 unspecified atom stereocenters. The zero-order chi connectivity index (χ0) is 25.1. The van der Waals surface area contributed by atoms with Gasteiger partial charge in [0.2, 0.25) is 5.91 Å². The lowest BCUT2D eigenvalue weighted by atomic mass is 10.1. The number of nitrogens with two attached hydrogens (primary N) is 1. The summed E-state index contributed by atoms with van der Waals surface area (Å²) in [5.74, 6) is -1.05. The van der Waals surface area contributed by atoms with Crippen molar-refractivity contribution >= 4 is 27.5 Å². The molecule has 3 N–H and O–H groups in total. The van der Waals surface area contributed by atoms with Crippen molar-refractivity contribution in [2.24, 2.45) is 5.73 Å². The van der Waals surface area contributed by atoms with Crippen LogP contribution in [0.2, 0.25) is 0 Å². The van der Waals surface area contributed by atoms with Crippen LogP contribution in [0.25, 0.3) is 0 Å². The molecule has 0 saturated carbocycles. The number of alkyl halides is 3. The van der Waals surface area contributed by atoms with Crippen LogP contribution >= 0.6 is 0 Å². The van der Waals surface area contributed by atoms with Gasteiger partial charge in [0.15, 0.2) is 0 Å². The number of nitrogens with one attached hydrogen (secondary N) is 1. The van der Waals surface area contributed by atoms with Crippen molar-refractivity contribution in [2.75, 3.05) is 11.8 Å². The summed E-state index contributed by atoms with van der Waals surface area (Å²) in [5.41, 5.74) is 5.06. The van der Waals surface area contributed by atoms with Gasteiger partial charge in [-0.25, -0.2) is 8.42 Å². The number of anilines is 1. The third-order valence-electron chi connectivity index (χ3n) is 4.84. The molecule has 3 aromatic rings. The van der Waals surface area contributed by atoms with Crippen LogP contribution < -0.4 is 10.5 Å². The summed E-state index contributed by atoms with van der Waals surface area (Å²) in [5, 5.41) is 0. The number of primary amides is 1. The SMILES string of the molecule is CN(Cc1ccc(C(N)=O)cc1)C(=O)c1cccc(S(=O)(=O)Nc2cccc(C(F)(F)F)c2)c1. The van der Waals surface area contributed by atoms with Crippen molar-refractivity contribution in [1.82, 2.24) is 4.90 Å². The second-order valence-electron chi connectivity index (χ2n) is 7.43. The van der Waals surface area contributed by atoms with Crippen LogP contribution in [0.1, 0.15) is 31.8 Å². The van der Waals surface area contributed by atoms with Crippen molar-refractivity contribution in [2.45, 2.75) is 17.6 Å². The van der Waals surface area contributed by atoms with Crippen LogP contribution in [0.3, 0.4) is 0 Å². The zero-order valence-electron chi connectivity index (χ0n) is 17.8. The predicted octanol–water partition coefficient (Wildman–Crippen LogP) is 3.88. The Morgan fingerprint density at radius 1 is 0.941 bits per heavy atom. The number of carbonyl (C=O) groups excluding carboxylic acids is 2. The van der Waals surface area contributed by atoms with E-state index in [1.165, 1.54) is 48.3 Å². The maximum absolute atomic E-state index is 12.9. The van der Waals surface area contributed by atoms with E-state index in [-0.39, 0.29) is 22.7 Å². The van der Waals surface area contributed by atoms with Crippen molar-refractivity contribution in [1.29, 1.82) is 0 Å². The maximum atomic E-state index is 12.9. The molecule has 2 amide bonds. The van der Waals surface area contributed by atoms with Crippen LogP contribution in [0.4, 0.5) is 18.9 Å². The molecule has 0 atom stereocenters. The minimum atomic E-state index is -4.63. The van der Waals surface area contributed by atoms with Gasteiger partial charge >= 0.3 is 6.18 Å². The number of hydrogen-bond donors (Lipinski definition) is 2. The summed E-state index contributed by atoms with van der Waals surface area (Å²) < 4.78 is 66.3. The predicted molar refractivity (Wildman–Crippen MR) is 119 cm³/mol. The highest BCUT2D eigenvalue weighted by Gasteiger charge is 2.30. The van der Waals surface area contributed by atoms with E-state index in [1.807, 2.05) is 0 Å². The molecule has 7 nitrogen and oxygen atoms in total. The highest BCUT2D eigenvalue weighted by Crippen LogP contribution is 2.31. The zero-order valence-corrected chi connectivity index (χ0v) is 18.7. The first-order valence-electron chi connectivity index (χ1n) is 9.81. The summed E-state index contributed by atoms with van der Waals surface area (Å²) in [6.07, 6.45) is -4.63. The molecule has 0 aliphatic rings. The quantitative estimate of drug-likeness (QED) is 0.523. The fraction of sp³-hybridized carbons (Fsp3) is 0.130. The second-order valence-corrected chi connectivity index (χ2v) is 9.12. The highest BCUT2D eigenvalue weighted by molar-refractivity contribution is 7.92. The molecule has 3 aromatic carbocycles. The van der Waals surface area contributed by atoms with Crippen LogP contribution in [-0.2, 0) is 22.7 Å². The average Bonchev–Trinajstić information content (AvgIpc) is 2.78. The standard InChI is InChI=1S/C23H20F3N3O4S/c1-29(14-15-8-10-16(11-9-15)21(27)30)22(31)17-4-2-7-20(12-17)34(32,33)28-19-6-3-5-18(13-19)23(24,25)26/h2-13,28H,14H2,1H3,(H2,27,30). The van der Waals surface area contributed by atoms with Gasteiger partial charge in [0.25, 0.3) is 15.9 Å². The Kier molecular flexibility index (Phi) is 6.96. The lowest BCUT2D eigenvalue weighted by Crippen LogP contribution is -2.26. The van der Waals surface area contributed by atoms with E-state index in [9.17, 15) is 31.2 Å². The molecular formula is C23H20F3N3O4S. The average molecular weight is 491 g/mol. The topological polar surface area (TPSA) is 110 Å². The Morgan fingerprint density at radius 3 is 2.21 bits per heavy atom. The molecule has 0 bridgehead atoms. The number of sulfonamides is 1. The normalized spacial score (nSPS) is 11.6. The smallest absolute Gasteiger partial charge is 0.366 e. The molecule has 0 spiro atoms. The monoisotopic (exact) mass is 491 g/mol. The highest BCUT2D eigenvalue weighted by atomic mass is 32.2. The first-order valence-corrected chi connectivity index (χ1v) is 11.3. The molecular weight excluding hydrogens is 471 g/mol. The van der Waals surface area contributed by atoms with Crippen molar-refractivity contribution in [3.05, 3.63) is 95.1 Å². The first kappa shape index (κ1) is 24.8. The van der Waals surface area contributed by atoms with E-state index in [2.05, 4.69) is 4.72 Å². The number of amides is 2. The van der Waals surface area contributed by atoms with E-state index in [0.29, 0.717) is 11.6 Å². The molecule has 0 fully saturated rings. The first-order chi connectivity index (χ1) is 15.9. The van der Waals surface area contributed by atoms with Gasteiger partial charge < -0.3 is 10.6 Å². The molecule has 178 valence electrons. The Bertz CT molecular complexity index is 1320. The number of carbonyl (C=O) groups is 2. The summed E-state index contributed by atoms with van der Waals surface area (Å²) in [7, 11) is -2.74. The fourth-order valence-electron chi connectivity index (χ4n) is 3.11. The lowest BCUT2D eigenvalue weighted by molar-refractivity contribution is -0.137. The lowest BCUT2D eigenvalue weighted by Gasteiger charge is -2.18. The van der Waals surface area contributed by atoms with Gasteiger partial charge in [-0.1, -0.05) is 24.3 Å². The van der Waals surface area contributed by atoms with Crippen LogP contribution in [0, 0.1) is 0 Å². The van der Waals surface area contributed by atoms with E-state index >= 15 is 0 Å². The van der Waals surface area contributed by atoms with Gasteiger partial charge in [-0.3, -0.25) is 14.3 Å². The molecule has 3 rings (SSSR count). The number of benzene rings is 3. The van der Waals surface area contributed by atoms with Crippen LogP contribution in [-0.4, -0.2) is 32.2 Å². The Labute approximate surface area is 194 Å². The van der Waals surface area contributed by atoms with Crippen molar-refractivity contribution < 1.29 is 31.2 Å². The summed E-state index contributed by atoms with van der Waals surface area (Å²) in [4.78, 5) is 25.1. The van der Waals surface area contributed by atoms with Gasteiger partial charge in [-0.2, -0.15) is 13.2 Å². The Balaban J connectivity index is 1.77. The van der Waals surface area contributed by atoms with Gasteiger partial charge in [-0.15, -0.1) is 0 Å². The minimum absolute atomic E-state index is 0.0724. The van der Waals surface area contributed by atoms with Gasteiger partial charge in [0, 0.05) is 30.4 Å². The van der Waals surface area contributed by atoms with E-state index in [1.54, 1.807) is 12.1 Å². The molecule has 0 saturated heterocycles. The van der Waals surface area contributed by atoms with Crippen molar-refractivity contribution in [3.8, 4) is 0 Å². The number of halogens is 3. The Morgan fingerprint density at radius 2 is 1.59 bits per heavy atom.